The van der Waals surface area contributed by atoms with Crippen LogP contribution in [0.2, 0.25) is 0 Å². The molecule has 0 aliphatic heterocycles. The normalized spacial score (nSPS) is 16.1. The Labute approximate surface area is 110 Å². The fourth-order valence-corrected chi connectivity index (χ4v) is 1.91. The quantitative estimate of drug-likeness (QED) is 0.870. The van der Waals surface area contributed by atoms with E-state index in [1.165, 1.54) is 0 Å². The van der Waals surface area contributed by atoms with E-state index in [0.29, 0.717) is 5.92 Å². The van der Waals surface area contributed by atoms with E-state index in [1.54, 1.807) is 12.4 Å². The number of aromatic nitrogens is 4. The van der Waals surface area contributed by atoms with Gasteiger partial charge in [-0.1, -0.05) is 0 Å². The van der Waals surface area contributed by atoms with Crippen molar-refractivity contribution in [1.82, 2.24) is 25.5 Å². The van der Waals surface area contributed by atoms with Gasteiger partial charge in [0.2, 0.25) is 5.82 Å². The van der Waals surface area contributed by atoms with Crippen molar-refractivity contribution in [3.8, 4) is 0 Å². The average molecular weight is 257 g/mol. The highest BCUT2D eigenvalue weighted by atomic mass is 16.2. The number of carbonyl (C=O) groups excluding carboxylic acids is 1. The zero-order valence-corrected chi connectivity index (χ0v) is 10.6. The largest absolute Gasteiger partial charge is 0.343 e. The number of carbonyl (C=O) groups is 1. The van der Waals surface area contributed by atoms with Crippen molar-refractivity contribution in [2.75, 3.05) is 0 Å². The first-order valence-electron chi connectivity index (χ1n) is 6.37. The van der Waals surface area contributed by atoms with Crippen molar-refractivity contribution < 1.29 is 4.79 Å². The van der Waals surface area contributed by atoms with Crippen LogP contribution in [0.4, 0.5) is 0 Å². The van der Waals surface area contributed by atoms with Crippen LogP contribution in [0.1, 0.15) is 53.7 Å². The first-order chi connectivity index (χ1) is 9.24. The maximum absolute atomic E-state index is 12.0. The van der Waals surface area contributed by atoms with E-state index >= 15 is 0 Å². The number of amides is 1. The van der Waals surface area contributed by atoms with Crippen molar-refractivity contribution in [2.45, 2.75) is 31.7 Å². The molecule has 1 unspecified atom stereocenters. The van der Waals surface area contributed by atoms with Gasteiger partial charge in [-0.05, 0) is 37.5 Å². The Balaban J connectivity index is 1.66. The van der Waals surface area contributed by atoms with Gasteiger partial charge in [-0.2, -0.15) is 0 Å². The lowest BCUT2D eigenvalue weighted by Crippen LogP contribution is -2.27. The molecule has 6 heteroatoms. The number of hydrogen-bond donors (Lipinski definition) is 2. The Morgan fingerprint density at radius 2 is 2.16 bits per heavy atom. The molecule has 1 atom stereocenters. The van der Waals surface area contributed by atoms with Crippen LogP contribution in [0.25, 0.3) is 0 Å². The molecule has 19 heavy (non-hydrogen) atoms. The summed E-state index contributed by atoms with van der Waals surface area (Å²) in [5.74, 6) is 1.24. The summed E-state index contributed by atoms with van der Waals surface area (Å²) in [7, 11) is 0. The molecule has 0 bridgehead atoms. The van der Waals surface area contributed by atoms with Gasteiger partial charge < -0.3 is 5.32 Å². The molecule has 6 nitrogen and oxygen atoms in total. The Morgan fingerprint density at radius 3 is 2.84 bits per heavy atom. The number of H-pyrrole nitrogens is 1. The van der Waals surface area contributed by atoms with Crippen LogP contribution >= 0.6 is 0 Å². The van der Waals surface area contributed by atoms with Crippen molar-refractivity contribution in [3.05, 3.63) is 41.7 Å². The molecular weight excluding hydrogens is 242 g/mol. The molecule has 0 radical (unpaired) electrons. The smallest absolute Gasteiger partial charge is 0.291 e. The number of aromatic amines is 1. The van der Waals surface area contributed by atoms with Crippen LogP contribution in [-0.2, 0) is 0 Å². The highest BCUT2D eigenvalue weighted by Crippen LogP contribution is 2.37. The lowest BCUT2D eigenvalue weighted by molar-refractivity contribution is 0.0929. The zero-order chi connectivity index (χ0) is 13.2. The highest BCUT2D eigenvalue weighted by Gasteiger charge is 2.28. The second-order valence-corrected chi connectivity index (χ2v) is 4.79. The van der Waals surface area contributed by atoms with E-state index in [2.05, 4.69) is 25.5 Å². The molecule has 0 aromatic carbocycles. The van der Waals surface area contributed by atoms with Gasteiger partial charge in [0.1, 0.15) is 5.82 Å². The Bertz CT molecular complexity index is 576. The standard InChI is InChI=1S/C13H15N5O/c1-8(9-4-6-14-7-5-9)15-13(19)12-16-11(17-18-12)10-2-3-10/h4-8,10H,2-3H2,1H3,(H,15,19)(H,16,17,18). The highest BCUT2D eigenvalue weighted by molar-refractivity contribution is 5.90. The molecule has 3 rings (SSSR count). The Morgan fingerprint density at radius 1 is 1.42 bits per heavy atom. The summed E-state index contributed by atoms with van der Waals surface area (Å²) in [6, 6.07) is 3.65. The number of nitrogens with zero attached hydrogens (tertiary/aromatic N) is 3. The van der Waals surface area contributed by atoms with Crippen LogP contribution in [0, 0.1) is 0 Å². The minimum Gasteiger partial charge on any atom is -0.343 e. The minimum atomic E-state index is -0.257. The molecule has 2 aromatic rings. The van der Waals surface area contributed by atoms with Crippen LogP contribution in [0.5, 0.6) is 0 Å². The summed E-state index contributed by atoms with van der Waals surface area (Å²) in [4.78, 5) is 20.2. The molecule has 98 valence electrons. The van der Waals surface area contributed by atoms with E-state index < -0.39 is 0 Å². The van der Waals surface area contributed by atoms with Crippen molar-refractivity contribution in [1.29, 1.82) is 0 Å². The third-order valence-electron chi connectivity index (χ3n) is 3.22. The number of pyridine rings is 1. The van der Waals surface area contributed by atoms with Gasteiger partial charge in [-0.25, -0.2) is 4.98 Å². The van der Waals surface area contributed by atoms with Crippen molar-refractivity contribution in [2.24, 2.45) is 0 Å². The van der Waals surface area contributed by atoms with E-state index in [-0.39, 0.29) is 17.8 Å². The van der Waals surface area contributed by atoms with Crippen LogP contribution in [-0.4, -0.2) is 26.1 Å². The van der Waals surface area contributed by atoms with E-state index in [4.69, 9.17) is 0 Å². The van der Waals surface area contributed by atoms with E-state index in [9.17, 15) is 4.79 Å². The fraction of sp³-hybridized carbons (Fsp3) is 0.385. The summed E-state index contributed by atoms with van der Waals surface area (Å²) in [6.07, 6.45) is 5.67. The number of hydrogen-bond acceptors (Lipinski definition) is 4. The SMILES string of the molecule is CC(NC(=O)c1n[nH]c(C2CC2)n1)c1ccncc1. The number of rotatable bonds is 4. The average Bonchev–Trinajstić information content (AvgIpc) is 3.17. The molecule has 2 heterocycles. The molecule has 1 fully saturated rings. The number of nitrogens with one attached hydrogen (secondary N) is 2. The van der Waals surface area contributed by atoms with E-state index in [1.807, 2.05) is 19.1 Å². The summed E-state index contributed by atoms with van der Waals surface area (Å²) in [6.45, 7) is 1.92. The predicted molar refractivity (Wildman–Crippen MR) is 68.5 cm³/mol. The van der Waals surface area contributed by atoms with Crippen molar-refractivity contribution >= 4 is 5.91 Å². The van der Waals surface area contributed by atoms with Crippen molar-refractivity contribution in [3.63, 3.8) is 0 Å². The lowest BCUT2D eigenvalue weighted by Gasteiger charge is -2.12. The maximum atomic E-state index is 12.0. The molecule has 1 saturated carbocycles. The predicted octanol–water partition coefficient (Wildman–Crippen LogP) is 1.57. The van der Waals surface area contributed by atoms with Gasteiger partial charge in [-0.15, -0.1) is 5.10 Å². The minimum absolute atomic E-state index is 0.0987. The molecule has 2 aromatic heterocycles. The molecule has 0 saturated heterocycles. The van der Waals surface area contributed by atoms with Crippen LogP contribution < -0.4 is 5.32 Å². The summed E-state index contributed by atoms with van der Waals surface area (Å²) >= 11 is 0. The van der Waals surface area contributed by atoms with Gasteiger partial charge in [0.25, 0.3) is 5.91 Å². The maximum Gasteiger partial charge on any atom is 0.291 e. The second kappa shape index (κ2) is 4.79. The molecular formula is C13H15N5O. The molecule has 1 aliphatic carbocycles. The van der Waals surface area contributed by atoms with Gasteiger partial charge in [-0.3, -0.25) is 14.9 Å². The Kier molecular flexibility index (Phi) is 2.98. The van der Waals surface area contributed by atoms with Gasteiger partial charge >= 0.3 is 0 Å². The first-order valence-corrected chi connectivity index (χ1v) is 6.37. The third kappa shape index (κ3) is 2.62. The lowest BCUT2D eigenvalue weighted by atomic mass is 10.1. The first kappa shape index (κ1) is 11.8. The molecule has 1 amide bonds. The summed E-state index contributed by atoms with van der Waals surface area (Å²) in [5.41, 5.74) is 1.00. The van der Waals surface area contributed by atoms with Gasteiger partial charge in [0.05, 0.1) is 6.04 Å². The molecule has 1 aliphatic rings. The Hall–Kier alpha value is -2.24. The fourth-order valence-electron chi connectivity index (χ4n) is 1.91. The van der Waals surface area contributed by atoms with Gasteiger partial charge in [0.15, 0.2) is 0 Å². The van der Waals surface area contributed by atoms with Crippen LogP contribution in [0.3, 0.4) is 0 Å². The summed E-state index contributed by atoms with van der Waals surface area (Å²) < 4.78 is 0. The zero-order valence-electron chi connectivity index (χ0n) is 10.6. The molecule has 2 N–H and O–H groups in total. The van der Waals surface area contributed by atoms with Crippen LogP contribution in [0.15, 0.2) is 24.5 Å². The van der Waals surface area contributed by atoms with E-state index in [0.717, 1.165) is 24.2 Å². The monoisotopic (exact) mass is 257 g/mol. The summed E-state index contributed by atoms with van der Waals surface area (Å²) in [5, 5.41) is 9.67. The van der Waals surface area contributed by atoms with Gasteiger partial charge in [0, 0.05) is 18.3 Å². The third-order valence-corrected chi connectivity index (χ3v) is 3.22. The topological polar surface area (TPSA) is 83.6 Å². The molecule has 0 spiro atoms. The second-order valence-electron chi connectivity index (χ2n) is 4.79.